The van der Waals surface area contributed by atoms with Gasteiger partial charge in [-0.15, -0.1) is 0 Å². The average Bonchev–Trinajstić information content (AvgIpc) is 3.23. The summed E-state index contributed by atoms with van der Waals surface area (Å²) >= 11 is 1.21. The molecular formula is C29H29N3O5S. The second-order valence-electron chi connectivity index (χ2n) is 8.41. The van der Waals surface area contributed by atoms with Gasteiger partial charge in [-0.3, -0.25) is 14.5 Å². The van der Waals surface area contributed by atoms with Crippen molar-refractivity contribution >= 4 is 46.2 Å². The summed E-state index contributed by atoms with van der Waals surface area (Å²) in [6.07, 6.45) is 1.64. The van der Waals surface area contributed by atoms with E-state index in [4.69, 9.17) is 14.2 Å². The molecule has 0 aliphatic carbocycles. The minimum Gasteiger partial charge on any atom is -0.496 e. The summed E-state index contributed by atoms with van der Waals surface area (Å²) in [5, 5.41) is 2.84. The zero-order chi connectivity index (χ0) is 27.2. The molecule has 1 unspecified atom stereocenters. The highest BCUT2D eigenvalue weighted by Crippen LogP contribution is 2.37. The number of ether oxygens (including phenoxy) is 3. The van der Waals surface area contributed by atoms with Crippen LogP contribution in [0.4, 0.5) is 11.4 Å². The topological polar surface area (TPSA) is 89.5 Å². The van der Waals surface area contributed by atoms with Gasteiger partial charge in [0.25, 0.3) is 5.91 Å². The van der Waals surface area contributed by atoms with E-state index in [0.29, 0.717) is 33.7 Å². The maximum Gasteiger partial charge on any atom is 0.283 e. The molecule has 1 heterocycles. The number of nitrogens with one attached hydrogen (secondary N) is 1. The second-order valence-corrected chi connectivity index (χ2v) is 9.72. The monoisotopic (exact) mass is 531 g/mol. The van der Waals surface area contributed by atoms with E-state index in [0.717, 1.165) is 11.3 Å². The highest BCUT2D eigenvalue weighted by atomic mass is 32.2. The predicted octanol–water partition coefficient (Wildman–Crippen LogP) is 5.52. The summed E-state index contributed by atoms with van der Waals surface area (Å²) in [7, 11) is 4.61. The minimum atomic E-state index is -0.526. The molecule has 0 spiro atoms. The Morgan fingerprint density at radius 2 is 1.58 bits per heavy atom. The molecule has 1 aliphatic rings. The van der Waals surface area contributed by atoms with Gasteiger partial charge in [0.05, 0.1) is 32.3 Å². The Labute approximate surface area is 226 Å². The molecule has 196 valence electrons. The van der Waals surface area contributed by atoms with Crippen LogP contribution in [0.3, 0.4) is 0 Å². The molecule has 1 N–H and O–H groups in total. The normalized spacial score (nSPS) is 14.8. The van der Waals surface area contributed by atoms with Crippen molar-refractivity contribution < 1.29 is 23.8 Å². The number of methoxy groups -OCH3 is 3. The fraction of sp³-hybridized carbons (Fsp3) is 0.207. The van der Waals surface area contributed by atoms with Crippen LogP contribution in [0, 0.1) is 6.92 Å². The summed E-state index contributed by atoms with van der Waals surface area (Å²) in [6.45, 7) is 3.72. The van der Waals surface area contributed by atoms with Crippen LogP contribution in [0.2, 0.25) is 0 Å². The van der Waals surface area contributed by atoms with E-state index in [9.17, 15) is 9.59 Å². The third kappa shape index (κ3) is 5.68. The lowest BCUT2D eigenvalue weighted by Crippen LogP contribution is -2.33. The summed E-state index contributed by atoms with van der Waals surface area (Å²) in [6, 6.07) is 20.2. The number of hydrogen-bond donors (Lipinski definition) is 1. The molecule has 2 amide bonds. The molecule has 8 nitrogen and oxygen atoms in total. The second kappa shape index (κ2) is 11.9. The third-order valence-corrected chi connectivity index (χ3v) is 6.98. The van der Waals surface area contributed by atoms with E-state index < -0.39 is 5.25 Å². The van der Waals surface area contributed by atoms with Gasteiger partial charge in [0.15, 0.2) is 16.7 Å². The summed E-state index contributed by atoms with van der Waals surface area (Å²) in [5.41, 5.74) is 3.16. The van der Waals surface area contributed by atoms with Crippen LogP contribution < -0.4 is 24.4 Å². The molecule has 3 aromatic carbocycles. The lowest BCUT2D eigenvalue weighted by atomic mass is 10.1. The SMILES string of the molecule is COc1cc(OC)c(OC)cc1/C=C1/N=C(SC(C)C(=O)Nc2ccccc2C)N(c2ccccc2)C1=O. The van der Waals surface area contributed by atoms with Crippen molar-refractivity contribution in [2.45, 2.75) is 19.1 Å². The Kier molecular flexibility index (Phi) is 8.38. The Hall–Kier alpha value is -4.24. The van der Waals surface area contributed by atoms with E-state index >= 15 is 0 Å². The molecule has 9 heteroatoms. The maximum absolute atomic E-state index is 13.6. The molecule has 1 aliphatic heterocycles. The van der Waals surface area contributed by atoms with Gasteiger partial charge in [0.2, 0.25) is 5.91 Å². The molecule has 0 bridgehead atoms. The fourth-order valence-electron chi connectivity index (χ4n) is 3.85. The van der Waals surface area contributed by atoms with Crippen LogP contribution in [0.5, 0.6) is 17.2 Å². The number of nitrogens with zero attached hydrogens (tertiary/aromatic N) is 2. The van der Waals surface area contributed by atoms with Crippen molar-refractivity contribution in [3.8, 4) is 17.2 Å². The number of carbonyl (C=O) groups is 2. The summed E-state index contributed by atoms with van der Waals surface area (Å²) in [4.78, 5) is 32.8. The largest absolute Gasteiger partial charge is 0.496 e. The van der Waals surface area contributed by atoms with Crippen molar-refractivity contribution in [1.29, 1.82) is 0 Å². The first kappa shape index (κ1) is 26.8. The van der Waals surface area contributed by atoms with Crippen molar-refractivity contribution in [3.63, 3.8) is 0 Å². The number of hydrogen-bond acceptors (Lipinski definition) is 7. The smallest absolute Gasteiger partial charge is 0.283 e. The van der Waals surface area contributed by atoms with Crippen LogP contribution >= 0.6 is 11.8 Å². The Morgan fingerprint density at radius 1 is 0.947 bits per heavy atom. The van der Waals surface area contributed by atoms with E-state index in [1.54, 1.807) is 25.1 Å². The van der Waals surface area contributed by atoms with Gasteiger partial charge >= 0.3 is 0 Å². The number of thioether (sulfide) groups is 1. The van der Waals surface area contributed by atoms with Crippen LogP contribution in [-0.2, 0) is 9.59 Å². The van der Waals surface area contributed by atoms with Gasteiger partial charge in [-0.2, -0.15) is 0 Å². The molecule has 0 saturated carbocycles. The number of carbonyl (C=O) groups excluding carboxylic acids is 2. The van der Waals surface area contributed by atoms with Crippen molar-refractivity contribution in [3.05, 3.63) is 83.6 Å². The number of amides is 2. The van der Waals surface area contributed by atoms with Crippen molar-refractivity contribution in [1.82, 2.24) is 0 Å². The van der Waals surface area contributed by atoms with Gasteiger partial charge in [-0.25, -0.2) is 4.99 Å². The van der Waals surface area contributed by atoms with Gasteiger partial charge in [-0.1, -0.05) is 48.2 Å². The first-order valence-corrected chi connectivity index (χ1v) is 12.8. The van der Waals surface area contributed by atoms with Crippen molar-refractivity contribution in [2.75, 3.05) is 31.5 Å². The van der Waals surface area contributed by atoms with Gasteiger partial charge in [0, 0.05) is 17.3 Å². The molecule has 1 atom stereocenters. The Morgan fingerprint density at radius 3 is 2.24 bits per heavy atom. The van der Waals surface area contributed by atoms with Crippen LogP contribution in [0.25, 0.3) is 6.08 Å². The van der Waals surface area contributed by atoms with E-state index in [2.05, 4.69) is 10.3 Å². The molecule has 0 radical (unpaired) electrons. The summed E-state index contributed by atoms with van der Waals surface area (Å²) in [5.74, 6) is 0.985. The molecule has 0 fully saturated rings. The Balaban J connectivity index is 1.68. The lowest BCUT2D eigenvalue weighted by molar-refractivity contribution is -0.115. The quantitative estimate of drug-likeness (QED) is 0.385. The zero-order valence-corrected chi connectivity index (χ0v) is 22.7. The zero-order valence-electron chi connectivity index (χ0n) is 21.8. The van der Waals surface area contributed by atoms with E-state index in [-0.39, 0.29) is 17.5 Å². The lowest BCUT2D eigenvalue weighted by Gasteiger charge is -2.20. The van der Waals surface area contributed by atoms with Crippen molar-refractivity contribution in [2.24, 2.45) is 4.99 Å². The van der Waals surface area contributed by atoms with Crippen LogP contribution in [0.1, 0.15) is 18.1 Å². The van der Waals surface area contributed by atoms with Gasteiger partial charge in [0.1, 0.15) is 11.4 Å². The first-order chi connectivity index (χ1) is 18.4. The molecule has 0 aromatic heterocycles. The van der Waals surface area contributed by atoms with Crippen LogP contribution in [0.15, 0.2) is 77.4 Å². The number of aliphatic imine (C=N–C) groups is 1. The standard InChI is InChI=1S/C29H29N3O5S/c1-18-11-9-10-14-22(18)30-27(33)19(2)38-29-31-23(28(34)32(29)21-12-7-6-8-13-21)15-20-16-25(36-4)26(37-5)17-24(20)35-3/h6-17,19H,1-5H3,(H,30,33)/b23-15+. The van der Waals surface area contributed by atoms with E-state index in [1.807, 2.05) is 61.5 Å². The van der Waals surface area contributed by atoms with Crippen LogP contribution in [-0.4, -0.2) is 43.6 Å². The fourth-order valence-corrected chi connectivity index (χ4v) is 4.78. The molecule has 38 heavy (non-hydrogen) atoms. The van der Waals surface area contributed by atoms with E-state index in [1.165, 1.54) is 38.0 Å². The highest BCUT2D eigenvalue weighted by Gasteiger charge is 2.34. The molecule has 0 saturated heterocycles. The van der Waals surface area contributed by atoms with Gasteiger partial charge in [-0.05, 0) is 49.8 Å². The average molecular weight is 532 g/mol. The Bertz CT molecular complexity index is 1400. The maximum atomic E-state index is 13.6. The highest BCUT2D eigenvalue weighted by molar-refractivity contribution is 8.15. The number of amidine groups is 1. The number of benzene rings is 3. The molecule has 3 aromatic rings. The number of anilines is 2. The third-order valence-electron chi connectivity index (χ3n) is 5.93. The minimum absolute atomic E-state index is 0.188. The van der Waals surface area contributed by atoms with Gasteiger partial charge < -0.3 is 19.5 Å². The predicted molar refractivity (Wildman–Crippen MR) is 152 cm³/mol. The first-order valence-electron chi connectivity index (χ1n) is 11.9. The molecular weight excluding hydrogens is 502 g/mol. The summed E-state index contributed by atoms with van der Waals surface area (Å²) < 4.78 is 16.3. The molecule has 4 rings (SSSR count). The number of rotatable bonds is 8. The number of para-hydroxylation sites is 2. The number of aryl methyl sites for hydroxylation is 1.